The molecule has 274 valence electrons. The molecule has 3 heterocycles. The van der Waals surface area contributed by atoms with Gasteiger partial charge in [-0.15, -0.1) is 13.2 Å². The van der Waals surface area contributed by atoms with Gasteiger partial charge < -0.3 is 29.3 Å². The van der Waals surface area contributed by atoms with Crippen LogP contribution in [0.4, 0.5) is 5.69 Å². The van der Waals surface area contributed by atoms with Gasteiger partial charge in [0.15, 0.2) is 0 Å². The number of likely N-dealkylation sites (N-methyl/N-ethyl adjacent to an activating group) is 1. The maximum atomic E-state index is 14.9. The lowest BCUT2D eigenvalue weighted by Gasteiger charge is -2.39. The maximum Gasteiger partial charge on any atom is 0.313 e. The Hall–Kier alpha value is -3.99. The molecular weight excluding hydrogens is 670 g/mol. The van der Waals surface area contributed by atoms with Gasteiger partial charge in [-0.1, -0.05) is 67.9 Å². The summed E-state index contributed by atoms with van der Waals surface area (Å²) in [4.78, 5) is 61.8. The van der Waals surface area contributed by atoms with E-state index in [-0.39, 0.29) is 37.3 Å². The third-order valence-electron chi connectivity index (χ3n) is 10.7. The molecule has 5 rings (SSSR count). The summed E-state index contributed by atoms with van der Waals surface area (Å²) in [5.41, 5.74) is -0.0477. The molecule has 2 aromatic rings. The quantitative estimate of drug-likeness (QED) is 0.174. The van der Waals surface area contributed by atoms with Gasteiger partial charge in [-0.25, -0.2) is 0 Å². The lowest BCUT2D eigenvalue weighted by Crippen LogP contribution is -2.59. The van der Waals surface area contributed by atoms with Crippen LogP contribution in [-0.4, -0.2) is 88.6 Å². The van der Waals surface area contributed by atoms with Crippen molar-refractivity contribution in [2.75, 3.05) is 25.1 Å². The summed E-state index contributed by atoms with van der Waals surface area (Å²) in [6, 6.07) is 13.7. The third-order valence-corrected chi connectivity index (χ3v) is 10.9. The summed E-state index contributed by atoms with van der Waals surface area (Å²) >= 11 is 6.18. The molecule has 0 radical (unpaired) electrons. The molecule has 51 heavy (non-hydrogen) atoms. The summed E-state index contributed by atoms with van der Waals surface area (Å²) in [6.07, 6.45) is 3.86. The van der Waals surface area contributed by atoms with Crippen LogP contribution >= 0.6 is 11.6 Å². The van der Waals surface area contributed by atoms with Crippen LogP contribution in [0, 0.1) is 17.8 Å². The molecule has 3 aliphatic heterocycles. The molecule has 2 bridgehead atoms. The fourth-order valence-electron chi connectivity index (χ4n) is 8.20. The second-order valence-electron chi connectivity index (χ2n) is 14.3. The number of esters is 1. The Bertz CT molecular complexity index is 1600. The van der Waals surface area contributed by atoms with Crippen LogP contribution in [-0.2, 0) is 28.7 Å². The number of aliphatic hydroxyl groups is 1. The van der Waals surface area contributed by atoms with Gasteiger partial charge in [0, 0.05) is 30.7 Å². The molecule has 1 spiro atoms. The number of benzene rings is 2. The molecule has 2 aromatic carbocycles. The van der Waals surface area contributed by atoms with E-state index in [1.807, 2.05) is 51.1 Å². The SMILES string of the molecule is C=CCCC(=O)N(C)[C@@H](C)[C@@H](OC(=O)[C@@H]1[C@@H]2CC[C@]3(O2)[C@H](C(=O)N(CC=C)c2ccc(Cl)cc2)N([C@@H](CO)CC(C)C)C(=O)[C@@H]13)c1ccccc1. The Labute approximate surface area is 306 Å². The molecule has 3 amide bonds. The number of amides is 3. The van der Waals surface area contributed by atoms with Crippen molar-refractivity contribution < 1.29 is 33.8 Å². The first-order valence-electron chi connectivity index (χ1n) is 17.8. The highest BCUT2D eigenvalue weighted by molar-refractivity contribution is 6.30. The van der Waals surface area contributed by atoms with Crippen molar-refractivity contribution in [2.24, 2.45) is 17.8 Å². The topological polar surface area (TPSA) is 117 Å². The minimum Gasteiger partial charge on any atom is -0.455 e. The molecule has 1 N–H and O–H groups in total. The molecular formula is C40H50ClN3O7. The van der Waals surface area contributed by atoms with E-state index >= 15 is 0 Å². The number of aliphatic hydroxyl groups excluding tert-OH is 1. The Morgan fingerprint density at radius 2 is 1.78 bits per heavy atom. The summed E-state index contributed by atoms with van der Waals surface area (Å²) < 4.78 is 13.0. The summed E-state index contributed by atoms with van der Waals surface area (Å²) in [5, 5.41) is 11.2. The van der Waals surface area contributed by atoms with Gasteiger partial charge in [0.25, 0.3) is 5.91 Å². The van der Waals surface area contributed by atoms with Crippen LogP contribution in [0.15, 0.2) is 79.9 Å². The molecule has 0 unspecified atom stereocenters. The van der Waals surface area contributed by atoms with E-state index in [2.05, 4.69) is 13.2 Å². The van der Waals surface area contributed by atoms with Gasteiger partial charge in [-0.05, 0) is 68.4 Å². The van der Waals surface area contributed by atoms with Crippen molar-refractivity contribution in [3.05, 3.63) is 90.5 Å². The number of hydrogen-bond donors (Lipinski definition) is 1. The number of ether oxygens (including phenoxy) is 2. The second-order valence-corrected chi connectivity index (χ2v) is 14.8. The largest absolute Gasteiger partial charge is 0.455 e. The smallest absolute Gasteiger partial charge is 0.313 e. The average molecular weight is 720 g/mol. The highest BCUT2D eigenvalue weighted by atomic mass is 35.5. The van der Waals surface area contributed by atoms with E-state index in [9.17, 15) is 24.3 Å². The fraction of sp³-hybridized carbons (Fsp3) is 0.500. The van der Waals surface area contributed by atoms with Gasteiger partial charge >= 0.3 is 5.97 Å². The Kier molecular flexibility index (Phi) is 12.1. The first-order valence-corrected chi connectivity index (χ1v) is 18.2. The van der Waals surface area contributed by atoms with Crippen molar-refractivity contribution >= 4 is 41.0 Å². The highest BCUT2D eigenvalue weighted by Gasteiger charge is 2.75. The lowest BCUT2D eigenvalue weighted by molar-refractivity contribution is -0.165. The van der Waals surface area contributed by atoms with Crippen LogP contribution in [0.2, 0.25) is 5.02 Å². The van der Waals surface area contributed by atoms with Gasteiger partial charge in [0.2, 0.25) is 11.8 Å². The van der Waals surface area contributed by atoms with E-state index in [1.54, 1.807) is 53.3 Å². The number of halogens is 1. The molecule has 0 aromatic heterocycles. The van der Waals surface area contributed by atoms with Crippen molar-refractivity contribution in [2.45, 2.75) is 88.8 Å². The van der Waals surface area contributed by atoms with E-state index < -0.39 is 59.6 Å². The van der Waals surface area contributed by atoms with Crippen LogP contribution in [0.1, 0.15) is 64.5 Å². The van der Waals surface area contributed by atoms with Crippen molar-refractivity contribution in [3.63, 3.8) is 0 Å². The van der Waals surface area contributed by atoms with E-state index in [4.69, 9.17) is 21.1 Å². The number of allylic oxidation sites excluding steroid dienone is 1. The van der Waals surface area contributed by atoms with E-state index in [0.717, 1.165) is 0 Å². The molecule has 0 aliphatic carbocycles. The lowest BCUT2D eigenvalue weighted by atomic mass is 9.70. The maximum absolute atomic E-state index is 14.9. The number of carbonyl (C=O) groups is 4. The normalized spacial score (nSPS) is 25.2. The highest BCUT2D eigenvalue weighted by Crippen LogP contribution is 2.59. The van der Waals surface area contributed by atoms with Crippen LogP contribution in [0.25, 0.3) is 0 Å². The monoisotopic (exact) mass is 719 g/mol. The van der Waals surface area contributed by atoms with Crippen molar-refractivity contribution in [1.29, 1.82) is 0 Å². The third kappa shape index (κ3) is 7.36. The number of fused-ring (bicyclic) bond motifs is 1. The van der Waals surface area contributed by atoms with Crippen LogP contribution in [0.5, 0.6) is 0 Å². The fourth-order valence-corrected chi connectivity index (χ4v) is 8.32. The number of nitrogens with zero attached hydrogens (tertiary/aromatic N) is 3. The Morgan fingerprint density at radius 1 is 1.10 bits per heavy atom. The zero-order valence-corrected chi connectivity index (χ0v) is 30.7. The molecule has 3 saturated heterocycles. The molecule has 10 nitrogen and oxygen atoms in total. The van der Waals surface area contributed by atoms with Gasteiger partial charge in [0.05, 0.1) is 36.6 Å². The molecule has 11 heteroatoms. The van der Waals surface area contributed by atoms with Crippen molar-refractivity contribution in [1.82, 2.24) is 9.80 Å². The average Bonchev–Trinajstić information content (AvgIpc) is 3.78. The number of carbonyl (C=O) groups excluding carboxylic acids is 4. The van der Waals surface area contributed by atoms with E-state index in [0.29, 0.717) is 42.0 Å². The minimum absolute atomic E-state index is 0.0986. The Balaban J connectivity index is 1.53. The summed E-state index contributed by atoms with van der Waals surface area (Å²) in [7, 11) is 1.68. The standard InChI is InChI=1S/C40H50ClN3O7/c1-7-9-15-32(46)42(6)26(5)35(27-13-11-10-12-14-27)50-39(49)33-31-20-21-40(51-31)34(33)37(47)44(30(24-45)23-25(3)4)36(40)38(48)43(22-8-2)29-18-16-28(41)17-19-29/h7-8,10-14,16-19,25-26,30-31,33-36,45H,1-2,9,15,20-24H2,3-6H3/t26-,30+,31-,33+,34+,35+,36-,40+/m0/s1. The number of anilines is 1. The summed E-state index contributed by atoms with van der Waals surface area (Å²) in [6.45, 7) is 13.2. The van der Waals surface area contributed by atoms with Crippen LogP contribution < -0.4 is 4.90 Å². The second kappa shape index (κ2) is 16.1. The van der Waals surface area contributed by atoms with Gasteiger partial charge in [-0.3, -0.25) is 19.2 Å². The summed E-state index contributed by atoms with van der Waals surface area (Å²) in [5.74, 6) is -3.43. The number of hydrogen-bond acceptors (Lipinski definition) is 7. The van der Waals surface area contributed by atoms with Crippen LogP contribution in [0.3, 0.4) is 0 Å². The van der Waals surface area contributed by atoms with E-state index in [1.165, 1.54) is 4.90 Å². The zero-order valence-electron chi connectivity index (χ0n) is 29.9. The number of rotatable bonds is 16. The first kappa shape index (κ1) is 38.2. The first-order chi connectivity index (χ1) is 24.4. The minimum atomic E-state index is -1.32. The molecule has 3 aliphatic rings. The van der Waals surface area contributed by atoms with Gasteiger partial charge in [-0.2, -0.15) is 0 Å². The predicted molar refractivity (Wildman–Crippen MR) is 196 cm³/mol. The molecule has 3 fully saturated rings. The molecule has 8 atom stereocenters. The zero-order chi connectivity index (χ0) is 37.0. The number of likely N-dealkylation sites (tertiary alicyclic amines) is 1. The van der Waals surface area contributed by atoms with Crippen molar-refractivity contribution in [3.8, 4) is 0 Å². The predicted octanol–water partition coefficient (Wildman–Crippen LogP) is 5.74. The molecule has 0 saturated carbocycles. The van der Waals surface area contributed by atoms with Gasteiger partial charge in [0.1, 0.15) is 17.7 Å². The Morgan fingerprint density at radius 3 is 2.39 bits per heavy atom.